The molecule has 0 fully saturated rings. The lowest BCUT2D eigenvalue weighted by Gasteiger charge is -1.96. The molecule has 0 aliphatic rings. The third kappa shape index (κ3) is 10.6. The highest BCUT2D eigenvalue weighted by Gasteiger charge is 2.04. The van der Waals surface area contributed by atoms with Crippen LogP contribution in [-0.4, -0.2) is 5.78 Å². The van der Waals surface area contributed by atoms with Crippen LogP contribution in [0.1, 0.15) is 32.3 Å². The normalized spacial score (nSPS) is 11.4. The van der Waals surface area contributed by atoms with Crippen molar-refractivity contribution in [3.8, 4) is 0 Å². The Morgan fingerprint density at radius 1 is 1.04 bits per heavy atom. The van der Waals surface area contributed by atoms with Crippen molar-refractivity contribution < 1.29 is 4.79 Å². The number of Topliss-reactive ketones (excluding diaryl/α,β-unsaturated/α-hetero) is 1. The van der Waals surface area contributed by atoms with E-state index in [1.807, 2.05) is 36.4 Å². The van der Waals surface area contributed by atoms with E-state index in [2.05, 4.69) is 62.1 Å². The van der Waals surface area contributed by atoms with Gasteiger partial charge in [0.05, 0.1) is 10.6 Å². The lowest BCUT2D eigenvalue weighted by Crippen LogP contribution is -1.92. The molecule has 0 aliphatic carbocycles. The Labute approximate surface area is 160 Å². The van der Waals surface area contributed by atoms with Gasteiger partial charge in [-0.15, -0.1) is 0 Å². The monoisotopic (exact) mass is 365 g/mol. The summed E-state index contributed by atoms with van der Waals surface area (Å²) >= 11 is 0. The van der Waals surface area contributed by atoms with Crippen molar-refractivity contribution in [2.24, 2.45) is 0 Å². The summed E-state index contributed by atoms with van der Waals surface area (Å²) in [4.78, 5) is 10.6. The molecule has 0 radical (unpaired) electrons. The highest BCUT2D eigenvalue weighted by Crippen LogP contribution is 2.26. The zero-order valence-electron chi connectivity index (χ0n) is 15.9. The molecule has 0 bridgehead atoms. The Bertz CT molecular complexity index is 700. The van der Waals surface area contributed by atoms with E-state index in [0.29, 0.717) is 6.42 Å². The van der Waals surface area contributed by atoms with Gasteiger partial charge in [0.2, 0.25) is 0 Å². The summed E-state index contributed by atoms with van der Waals surface area (Å²) in [6.45, 7) is 7.45. The fourth-order valence-electron chi connectivity index (χ4n) is 2.31. The summed E-state index contributed by atoms with van der Waals surface area (Å²) in [5.74, 6) is 0.258. The van der Waals surface area contributed by atoms with Crippen molar-refractivity contribution >= 4 is 19.7 Å². The van der Waals surface area contributed by atoms with Crippen LogP contribution < -0.4 is 5.30 Å². The molecule has 26 heavy (non-hydrogen) atoms. The average molecular weight is 365 g/mol. The third-order valence-corrected chi connectivity index (χ3v) is 5.20. The zero-order valence-corrected chi connectivity index (χ0v) is 17.1. The lowest BCUT2D eigenvalue weighted by atomic mass is 10.1. The van der Waals surface area contributed by atoms with Crippen LogP contribution in [0.5, 0.6) is 0 Å². The average Bonchev–Trinajstić information content (AvgIpc) is 2.67. The number of carbonyl (C=O) groups is 1. The van der Waals surface area contributed by atoms with E-state index in [1.54, 1.807) is 6.92 Å². The van der Waals surface area contributed by atoms with Crippen molar-refractivity contribution in [2.45, 2.75) is 33.1 Å². The summed E-state index contributed by atoms with van der Waals surface area (Å²) in [6.07, 6.45) is 10.9. The molecule has 2 rings (SSSR count). The first-order valence-corrected chi connectivity index (χ1v) is 10.2. The molecular formula is C24H30OP+. The van der Waals surface area contributed by atoms with Gasteiger partial charge in [0.15, 0.2) is 0 Å². The van der Waals surface area contributed by atoms with Crippen LogP contribution in [0.15, 0.2) is 96.9 Å². The van der Waals surface area contributed by atoms with Gasteiger partial charge in [-0.2, -0.15) is 0 Å². The summed E-state index contributed by atoms with van der Waals surface area (Å²) in [6, 6.07) is 20.7. The largest absolute Gasteiger partial charge is 0.300 e. The molecule has 0 amide bonds. The minimum Gasteiger partial charge on any atom is -0.300 e. The van der Waals surface area contributed by atoms with E-state index in [0.717, 1.165) is 12.8 Å². The van der Waals surface area contributed by atoms with Crippen molar-refractivity contribution in [1.82, 2.24) is 0 Å². The number of benzene rings is 2. The zero-order chi connectivity index (χ0) is 19.0. The van der Waals surface area contributed by atoms with Crippen molar-refractivity contribution in [3.05, 3.63) is 102 Å². The Morgan fingerprint density at radius 3 is 2.19 bits per heavy atom. The lowest BCUT2D eigenvalue weighted by molar-refractivity contribution is -0.116. The molecule has 2 heteroatoms. The molecule has 136 valence electrons. The predicted molar refractivity (Wildman–Crippen MR) is 119 cm³/mol. The minimum atomic E-state index is 0.230. The van der Waals surface area contributed by atoms with Gasteiger partial charge in [-0.05, 0) is 44.0 Å². The van der Waals surface area contributed by atoms with Crippen LogP contribution in [0, 0.1) is 0 Å². The van der Waals surface area contributed by atoms with Crippen molar-refractivity contribution in [1.29, 1.82) is 0 Å². The highest BCUT2D eigenvalue weighted by atomic mass is 31.1. The molecule has 0 N–H and O–H groups in total. The number of allylic oxidation sites excluding steroid dienone is 5. The third-order valence-electron chi connectivity index (χ3n) is 3.68. The second-order valence-electron chi connectivity index (χ2n) is 5.99. The molecule has 0 saturated heterocycles. The Balaban J connectivity index is 0.000000273. The van der Waals surface area contributed by atoms with Crippen LogP contribution in [0.4, 0.5) is 0 Å². The Morgan fingerprint density at radius 2 is 1.65 bits per heavy atom. The van der Waals surface area contributed by atoms with Crippen molar-refractivity contribution in [2.75, 3.05) is 0 Å². The molecule has 2 aromatic carbocycles. The van der Waals surface area contributed by atoms with Crippen molar-refractivity contribution in [3.63, 3.8) is 0 Å². The maximum Gasteiger partial charge on any atom is 0.130 e. The van der Waals surface area contributed by atoms with Gasteiger partial charge in [0.25, 0.3) is 0 Å². The molecule has 0 aromatic heterocycles. The topological polar surface area (TPSA) is 17.1 Å². The van der Waals surface area contributed by atoms with E-state index >= 15 is 0 Å². The molecule has 1 nitrogen and oxygen atoms in total. The summed E-state index contributed by atoms with van der Waals surface area (Å²) in [5, 5.41) is 2.92. The van der Waals surface area contributed by atoms with E-state index in [9.17, 15) is 4.79 Å². The number of carbonyl (C=O) groups excluding carboxylic acids is 1. The smallest absolute Gasteiger partial charge is 0.130 e. The number of ketones is 1. The van der Waals surface area contributed by atoms with Gasteiger partial charge in [0, 0.05) is 21.4 Å². The van der Waals surface area contributed by atoms with Crippen LogP contribution in [0.2, 0.25) is 0 Å². The van der Waals surface area contributed by atoms with Gasteiger partial charge in [-0.1, -0.05) is 73.3 Å². The molecule has 0 spiro atoms. The molecule has 1 unspecified atom stereocenters. The van der Waals surface area contributed by atoms with Crippen LogP contribution >= 0.6 is 8.58 Å². The van der Waals surface area contributed by atoms with E-state index in [4.69, 9.17) is 0 Å². The first-order valence-electron chi connectivity index (χ1n) is 9.01. The summed E-state index contributed by atoms with van der Waals surface area (Å²) in [7, 11) is 0.230. The first kappa shape index (κ1) is 21.8. The molecule has 0 saturated carbocycles. The van der Waals surface area contributed by atoms with Crippen LogP contribution in [0.3, 0.4) is 0 Å². The van der Waals surface area contributed by atoms with Crippen LogP contribution in [-0.2, 0) is 11.2 Å². The number of hydrogen-bond donors (Lipinski definition) is 0. The highest BCUT2D eigenvalue weighted by molar-refractivity contribution is 7.51. The Kier molecular flexibility index (Phi) is 11.7. The number of aryl methyl sites for hydroxylation is 1. The molecular weight excluding hydrogens is 335 g/mol. The van der Waals surface area contributed by atoms with Crippen LogP contribution in [0.25, 0.3) is 0 Å². The minimum absolute atomic E-state index is 0.230. The predicted octanol–water partition coefficient (Wildman–Crippen LogP) is 5.97. The molecule has 0 aliphatic heterocycles. The second kappa shape index (κ2) is 14.0. The standard InChI is InChI=1S/C14H17P.C10H12O/c1-3-5-10-13(9-4-2)15-14-11-7-6-8-12-14;1-9(11)7-8-10-5-3-2-4-6-10/h3-9,11-12,15H,2,10H2,1H3;2-6H,7-8H2,1H3/p+1/b5-3-,13-9+;. The molecule has 0 heterocycles. The molecule has 1 atom stereocenters. The van der Waals surface area contributed by atoms with Gasteiger partial charge < -0.3 is 4.79 Å². The quantitative estimate of drug-likeness (QED) is 0.320. The van der Waals surface area contributed by atoms with E-state index in [-0.39, 0.29) is 14.4 Å². The van der Waals surface area contributed by atoms with Gasteiger partial charge in [-0.3, -0.25) is 0 Å². The SMILES string of the molecule is C=C/C=C(\C/C=C\C)[PH2+]c1ccccc1.CC(=O)CCc1ccccc1. The first-order chi connectivity index (χ1) is 12.7. The fraction of sp³-hybridized carbons (Fsp3) is 0.208. The maximum absolute atomic E-state index is 10.6. The fourth-order valence-corrected chi connectivity index (χ4v) is 3.64. The van der Waals surface area contributed by atoms with Gasteiger partial charge in [0.1, 0.15) is 5.78 Å². The van der Waals surface area contributed by atoms with E-state index in [1.165, 1.54) is 16.2 Å². The summed E-state index contributed by atoms with van der Waals surface area (Å²) < 4.78 is 0. The molecule has 2 aromatic rings. The number of rotatable bonds is 8. The Hall–Kier alpha value is -2.24. The van der Waals surface area contributed by atoms with Gasteiger partial charge >= 0.3 is 0 Å². The van der Waals surface area contributed by atoms with E-state index < -0.39 is 0 Å². The second-order valence-corrected chi connectivity index (χ2v) is 7.69. The maximum atomic E-state index is 10.6. The van der Waals surface area contributed by atoms with Gasteiger partial charge in [-0.25, -0.2) is 0 Å². The number of hydrogen-bond acceptors (Lipinski definition) is 1. The summed E-state index contributed by atoms with van der Waals surface area (Å²) in [5.41, 5.74) is 1.24.